The van der Waals surface area contributed by atoms with E-state index >= 15 is 0 Å². The molecule has 1 rings (SSSR count). The van der Waals surface area contributed by atoms with Gasteiger partial charge in [0.1, 0.15) is 0 Å². The van der Waals surface area contributed by atoms with Crippen LogP contribution >= 0.6 is 0 Å². The van der Waals surface area contributed by atoms with Gasteiger partial charge in [0.25, 0.3) is 0 Å². The molecule has 0 aromatic heterocycles. The van der Waals surface area contributed by atoms with Gasteiger partial charge in [-0.1, -0.05) is 0 Å². The number of nitrogens with zero attached hydrogens (tertiary/aromatic N) is 1. The summed E-state index contributed by atoms with van der Waals surface area (Å²) in [6.45, 7) is 2.99. The highest BCUT2D eigenvalue weighted by atomic mass is 16.6. The summed E-state index contributed by atoms with van der Waals surface area (Å²) in [6.07, 6.45) is 2.01. The van der Waals surface area contributed by atoms with Gasteiger partial charge >= 0.3 is 6.09 Å². The van der Waals surface area contributed by atoms with Crippen LogP contribution in [0.25, 0.3) is 0 Å². The number of likely N-dealkylation sites (tertiary alicyclic amines) is 1. The highest BCUT2D eigenvalue weighted by Crippen LogP contribution is 2.08. The van der Waals surface area contributed by atoms with Crippen LogP contribution < -0.4 is 0 Å². The second-order valence-electron chi connectivity index (χ2n) is 3.12. The van der Waals surface area contributed by atoms with Gasteiger partial charge in [-0.15, -0.1) is 0 Å². The van der Waals surface area contributed by atoms with Crippen molar-refractivity contribution in [2.45, 2.75) is 26.2 Å². The molecule has 0 radical (unpaired) electrons. The lowest BCUT2D eigenvalue weighted by Gasteiger charge is -2.18. The summed E-state index contributed by atoms with van der Waals surface area (Å²) in [6, 6.07) is 0. The third kappa shape index (κ3) is 3.05. The molecule has 13 heavy (non-hydrogen) atoms. The van der Waals surface area contributed by atoms with Crippen LogP contribution in [0.5, 0.6) is 0 Å². The summed E-state index contributed by atoms with van der Waals surface area (Å²) >= 11 is 0. The van der Waals surface area contributed by atoms with Crippen LogP contribution in [-0.4, -0.2) is 36.5 Å². The summed E-state index contributed by atoms with van der Waals surface area (Å²) in [7, 11) is 0. The van der Waals surface area contributed by atoms with Crippen molar-refractivity contribution >= 4 is 11.9 Å². The number of rotatable bonds is 1. The van der Waals surface area contributed by atoms with Crippen LogP contribution in [0, 0.1) is 0 Å². The maximum atomic E-state index is 11.2. The van der Waals surface area contributed by atoms with E-state index in [4.69, 9.17) is 4.74 Å². The molecule has 0 aromatic carbocycles. The van der Waals surface area contributed by atoms with E-state index in [0.717, 1.165) is 12.8 Å². The number of hydrogen-bond donors (Lipinski definition) is 0. The zero-order valence-electron chi connectivity index (χ0n) is 7.91. The Kier molecular flexibility index (Phi) is 3.73. The monoisotopic (exact) mass is 185 g/mol. The van der Waals surface area contributed by atoms with E-state index in [9.17, 15) is 9.59 Å². The summed E-state index contributed by atoms with van der Waals surface area (Å²) < 4.78 is 4.82. The zero-order valence-corrected chi connectivity index (χ0v) is 7.91. The minimum atomic E-state index is -0.363. The molecule has 0 N–H and O–H groups in total. The fourth-order valence-electron chi connectivity index (χ4n) is 1.37. The maximum absolute atomic E-state index is 11.2. The zero-order chi connectivity index (χ0) is 9.68. The van der Waals surface area contributed by atoms with Gasteiger partial charge in [0.05, 0.1) is 13.2 Å². The molecule has 0 spiro atoms. The third-order valence-corrected chi connectivity index (χ3v) is 2.03. The molecule has 4 heteroatoms. The molecule has 0 saturated carbocycles. The first-order chi connectivity index (χ1) is 6.24. The topological polar surface area (TPSA) is 46.6 Å². The quantitative estimate of drug-likeness (QED) is 0.616. The van der Waals surface area contributed by atoms with Gasteiger partial charge in [0, 0.05) is 13.0 Å². The lowest BCUT2D eigenvalue weighted by atomic mass is 10.2. The van der Waals surface area contributed by atoms with E-state index < -0.39 is 0 Å². The average molecular weight is 185 g/mol. The highest BCUT2D eigenvalue weighted by molar-refractivity contribution is 5.84. The van der Waals surface area contributed by atoms with E-state index in [1.54, 1.807) is 6.92 Å². The van der Waals surface area contributed by atoms with Crippen molar-refractivity contribution in [2.24, 2.45) is 0 Å². The normalized spacial score (nSPS) is 18.2. The Bertz CT molecular complexity index is 203. The Hall–Kier alpha value is -1.06. The summed E-state index contributed by atoms with van der Waals surface area (Å²) in [5.41, 5.74) is 0. The van der Waals surface area contributed by atoms with Crippen LogP contribution in [0.4, 0.5) is 4.79 Å². The molecule has 1 aliphatic heterocycles. The number of amides is 1. The van der Waals surface area contributed by atoms with Gasteiger partial charge in [0.2, 0.25) is 0 Å². The van der Waals surface area contributed by atoms with Gasteiger partial charge in [0.15, 0.2) is 5.78 Å². The Morgan fingerprint density at radius 1 is 1.54 bits per heavy atom. The molecular weight excluding hydrogens is 170 g/mol. The first-order valence-corrected chi connectivity index (χ1v) is 4.67. The Balaban J connectivity index is 2.47. The molecule has 1 amide bonds. The minimum Gasteiger partial charge on any atom is -0.450 e. The van der Waals surface area contributed by atoms with Gasteiger partial charge < -0.3 is 9.64 Å². The van der Waals surface area contributed by atoms with Gasteiger partial charge in [-0.25, -0.2) is 4.79 Å². The fraction of sp³-hybridized carbons (Fsp3) is 0.778. The van der Waals surface area contributed by atoms with Crippen LogP contribution in [0.3, 0.4) is 0 Å². The second kappa shape index (κ2) is 4.84. The number of carbonyl (C=O) groups excluding carboxylic acids is 2. The number of ether oxygens (including phenoxy) is 1. The van der Waals surface area contributed by atoms with E-state index in [1.807, 2.05) is 0 Å². The number of hydrogen-bond acceptors (Lipinski definition) is 3. The van der Waals surface area contributed by atoms with Crippen molar-refractivity contribution in [3.8, 4) is 0 Å². The summed E-state index contributed by atoms with van der Waals surface area (Å²) in [4.78, 5) is 23.9. The number of Topliss-reactive ketones (excluding diaryl/α,β-unsaturated/α-hetero) is 1. The van der Waals surface area contributed by atoms with Crippen molar-refractivity contribution in [1.82, 2.24) is 4.90 Å². The Morgan fingerprint density at radius 2 is 2.31 bits per heavy atom. The second-order valence-corrected chi connectivity index (χ2v) is 3.12. The Morgan fingerprint density at radius 3 is 3.00 bits per heavy atom. The van der Waals surface area contributed by atoms with E-state index in [2.05, 4.69) is 0 Å². The van der Waals surface area contributed by atoms with Crippen molar-refractivity contribution in [3.05, 3.63) is 0 Å². The van der Waals surface area contributed by atoms with Gasteiger partial charge in [-0.2, -0.15) is 0 Å². The van der Waals surface area contributed by atoms with Crippen molar-refractivity contribution in [2.75, 3.05) is 19.7 Å². The standard InChI is InChI=1S/C9H15NO3/c1-2-13-9(12)10-6-4-3-5-8(11)7-10/h2-7H2,1H3. The largest absolute Gasteiger partial charge is 0.450 e. The average Bonchev–Trinajstić information content (AvgIpc) is 2.30. The third-order valence-electron chi connectivity index (χ3n) is 2.03. The Labute approximate surface area is 77.8 Å². The molecule has 0 atom stereocenters. The van der Waals surface area contributed by atoms with Gasteiger partial charge in [-0.3, -0.25) is 4.79 Å². The molecule has 1 aliphatic rings. The van der Waals surface area contributed by atoms with Crippen molar-refractivity contribution in [3.63, 3.8) is 0 Å². The van der Waals surface area contributed by atoms with Crippen LogP contribution in [0.2, 0.25) is 0 Å². The molecule has 0 aromatic rings. The SMILES string of the molecule is CCOC(=O)N1CCCCC(=O)C1. The van der Waals surface area contributed by atoms with Crippen LogP contribution in [0.1, 0.15) is 26.2 Å². The summed E-state index contributed by atoms with van der Waals surface area (Å²) in [5.74, 6) is 0.130. The fourth-order valence-corrected chi connectivity index (χ4v) is 1.37. The number of carbonyl (C=O) groups is 2. The maximum Gasteiger partial charge on any atom is 0.410 e. The van der Waals surface area contributed by atoms with E-state index in [-0.39, 0.29) is 18.4 Å². The predicted molar refractivity (Wildman–Crippen MR) is 47.5 cm³/mol. The van der Waals surface area contributed by atoms with Crippen molar-refractivity contribution in [1.29, 1.82) is 0 Å². The minimum absolute atomic E-state index is 0.130. The molecule has 1 fully saturated rings. The predicted octanol–water partition coefficient (Wildman–Crippen LogP) is 1.20. The number of ketones is 1. The first kappa shape index (κ1) is 10.0. The highest BCUT2D eigenvalue weighted by Gasteiger charge is 2.20. The van der Waals surface area contributed by atoms with E-state index in [0.29, 0.717) is 19.6 Å². The lowest BCUT2D eigenvalue weighted by Crippen LogP contribution is -2.35. The molecule has 1 saturated heterocycles. The molecule has 0 unspecified atom stereocenters. The molecular formula is C9H15NO3. The smallest absolute Gasteiger partial charge is 0.410 e. The lowest BCUT2D eigenvalue weighted by molar-refractivity contribution is -0.119. The van der Waals surface area contributed by atoms with Crippen molar-refractivity contribution < 1.29 is 14.3 Å². The molecule has 0 aliphatic carbocycles. The molecule has 74 valence electrons. The van der Waals surface area contributed by atoms with Crippen LogP contribution in [0.15, 0.2) is 0 Å². The van der Waals surface area contributed by atoms with Gasteiger partial charge in [-0.05, 0) is 19.8 Å². The first-order valence-electron chi connectivity index (χ1n) is 4.67. The summed E-state index contributed by atoms with van der Waals surface area (Å²) in [5, 5.41) is 0. The van der Waals surface area contributed by atoms with Crippen LogP contribution in [-0.2, 0) is 9.53 Å². The molecule has 1 heterocycles. The van der Waals surface area contributed by atoms with E-state index in [1.165, 1.54) is 4.90 Å². The molecule has 4 nitrogen and oxygen atoms in total. The molecule has 0 bridgehead atoms.